The van der Waals surface area contributed by atoms with Gasteiger partial charge in [0, 0.05) is 11.4 Å². The topological polar surface area (TPSA) is 59.1 Å². The van der Waals surface area contributed by atoms with Gasteiger partial charge in [0.15, 0.2) is 0 Å². The molecule has 0 unspecified atom stereocenters. The molecule has 1 N–H and O–H groups in total. The van der Waals surface area contributed by atoms with Crippen molar-refractivity contribution in [3.05, 3.63) is 69.6 Å². The molecule has 122 valence electrons. The van der Waals surface area contributed by atoms with Crippen LogP contribution < -0.4 is 5.32 Å². The van der Waals surface area contributed by atoms with Crippen LogP contribution in [0.15, 0.2) is 47.1 Å². The quantitative estimate of drug-likeness (QED) is 0.896. The maximum absolute atomic E-state index is 12.7. The Hall–Kier alpha value is -2.46. The van der Waals surface area contributed by atoms with Gasteiger partial charge in [-0.05, 0) is 42.7 Å². The summed E-state index contributed by atoms with van der Waals surface area (Å²) in [5.74, 6) is -0.341. The molecule has 4 nitrogen and oxygen atoms in total. The van der Waals surface area contributed by atoms with Crippen LogP contribution in [0.2, 0.25) is 0 Å². The van der Waals surface area contributed by atoms with Crippen molar-refractivity contribution < 1.29 is 9.59 Å². The zero-order valence-electron chi connectivity index (χ0n) is 13.7. The van der Waals surface area contributed by atoms with E-state index in [1.54, 1.807) is 19.1 Å². The Kier molecular flexibility index (Phi) is 4.24. The van der Waals surface area contributed by atoms with E-state index >= 15 is 0 Å². The van der Waals surface area contributed by atoms with E-state index in [-0.39, 0.29) is 27.8 Å². The summed E-state index contributed by atoms with van der Waals surface area (Å²) >= 11 is 6.15. The molecule has 0 amide bonds. The molecule has 0 saturated heterocycles. The Morgan fingerprint density at radius 1 is 1.00 bits per heavy atom. The number of halogens is 1. The van der Waals surface area contributed by atoms with Crippen LogP contribution >= 0.6 is 11.6 Å². The zero-order valence-corrected chi connectivity index (χ0v) is 14.4. The van der Waals surface area contributed by atoms with Crippen molar-refractivity contribution in [3.8, 4) is 0 Å². The minimum absolute atomic E-state index is 0.0946. The summed E-state index contributed by atoms with van der Waals surface area (Å²) in [6, 6.07) is 11.0. The van der Waals surface area contributed by atoms with Gasteiger partial charge in [0.05, 0.1) is 5.56 Å². The number of Topliss-reactive ketones (excluding diaryl/α,β-unsaturated/α-hetero) is 2. The largest absolute Gasteiger partial charge is 0.351 e. The Balaban J connectivity index is 1.96. The van der Waals surface area contributed by atoms with Crippen molar-refractivity contribution in [2.75, 3.05) is 5.32 Å². The van der Waals surface area contributed by atoms with E-state index in [0.29, 0.717) is 17.3 Å². The molecule has 1 aliphatic rings. The number of carbonyl (C=O) groups is 2. The fraction of sp³-hybridized carbons (Fsp3) is 0.211. The number of hydrogen-bond donors (Lipinski definition) is 1. The number of rotatable bonds is 3. The third-order valence-corrected chi connectivity index (χ3v) is 4.35. The van der Waals surface area contributed by atoms with Gasteiger partial charge in [-0.2, -0.15) is 0 Å². The standard InChI is InChI=1S/C19H17ClN2O2/c1-10(2)12-5-7-13(8-6-12)22-17-15(20)19(24)16-14(18(17)23)9-4-11(3)21-16/h4-10,22H,1-3H3. The fourth-order valence-corrected chi connectivity index (χ4v) is 2.79. The first-order valence-corrected chi connectivity index (χ1v) is 8.10. The van der Waals surface area contributed by atoms with E-state index in [1.165, 1.54) is 5.56 Å². The van der Waals surface area contributed by atoms with Gasteiger partial charge < -0.3 is 5.32 Å². The lowest BCUT2D eigenvalue weighted by Crippen LogP contribution is -2.25. The molecule has 2 aromatic rings. The van der Waals surface area contributed by atoms with Crippen LogP contribution in [0.25, 0.3) is 0 Å². The number of carbonyl (C=O) groups excluding carboxylic acids is 2. The van der Waals surface area contributed by atoms with Gasteiger partial charge in [0.25, 0.3) is 0 Å². The molecule has 0 fully saturated rings. The smallest absolute Gasteiger partial charge is 0.225 e. The Labute approximate surface area is 145 Å². The molecule has 1 heterocycles. The third-order valence-electron chi connectivity index (χ3n) is 3.99. The van der Waals surface area contributed by atoms with Crippen LogP contribution in [0, 0.1) is 6.92 Å². The van der Waals surface area contributed by atoms with Crippen LogP contribution in [0.4, 0.5) is 5.69 Å². The maximum Gasteiger partial charge on any atom is 0.225 e. The Bertz CT molecular complexity index is 867. The molecule has 0 saturated carbocycles. The number of fused-ring (bicyclic) bond motifs is 1. The monoisotopic (exact) mass is 340 g/mol. The number of ketones is 2. The van der Waals surface area contributed by atoms with Gasteiger partial charge in [0.2, 0.25) is 11.6 Å². The van der Waals surface area contributed by atoms with E-state index in [4.69, 9.17) is 11.6 Å². The van der Waals surface area contributed by atoms with E-state index in [2.05, 4.69) is 24.1 Å². The van der Waals surface area contributed by atoms with Crippen molar-refractivity contribution in [2.45, 2.75) is 26.7 Å². The van der Waals surface area contributed by atoms with E-state index in [0.717, 1.165) is 0 Å². The van der Waals surface area contributed by atoms with Crippen LogP contribution in [0.3, 0.4) is 0 Å². The van der Waals surface area contributed by atoms with Gasteiger partial charge in [-0.3, -0.25) is 9.59 Å². The number of pyridine rings is 1. The van der Waals surface area contributed by atoms with Crippen molar-refractivity contribution in [3.63, 3.8) is 0 Å². The molecule has 1 aromatic heterocycles. The minimum atomic E-state index is -0.434. The average molecular weight is 341 g/mol. The van der Waals surface area contributed by atoms with Gasteiger partial charge in [-0.1, -0.05) is 37.6 Å². The summed E-state index contributed by atoms with van der Waals surface area (Å²) in [7, 11) is 0. The van der Waals surface area contributed by atoms with Crippen molar-refractivity contribution in [1.29, 1.82) is 0 Å². The molecular weight excluding hydrogens is 324 g/mol. The molecule has 5 heteroatoms. The molecule has 0 atom stereocenters. The van der Waals surface area contributed by atoms with Crippen LogP contribution in [0.1, 0.15) is 51.9 Å². The van der Waals surface area contributed by atoms with Crippen molar-refractivity contribution >= 4 is 28.9 Å². The maximum atomic E-state index is 12.7. The minimum Gasteiger partial charge on any atom is -0.351 e. The summed E-state index contributed by atoms with van der Waals surface area (Å²) in [5, 5.41) is 2.86. The predicted molar refractivity (Wildman–Crippen MR) is 94.7 cm³/mol. The average Bonchev–Trinajstić information content (AvgIpc) is 2.57. The molecule has 1 aromatic carbocycles. The molecule has 0 radical (unpaired) electrons. The SMILES string of the molecule is Cc1ccc2c(n1)C(=O)C(Cl)=C(Nc1ccc(C(C)C)cc1)C2=O. The number of anilines is 1. The second kappa shape index (κ2) is 6.21. The molecule has 1 aliphatic carbocycles. The normalized spacial score (nSPS) is 14.2. The molecule has 0 aliphatic heterocycles. The lowest BCUT2D eigenvalue weighted by molar-refractivity contribution is 0.0978. The zero-order chi connectivity index (χ0) is 17.4. The number of nitrogens with one attached hydrogen (secondary N) is 1. The summed E-state index contributed by atoms with van der Waals surface area (Å²) in [5.41, 5.74) is 3.05. The summed E-state index contributed by atoms with van der Waals surface area (Å²) < 4.78 is 0. The number of nitrogens with zero attached hydrogens (tertiary/aromatic N) is 1. The van der Waals surface area contributed by atoms with E-state index in [9.17, 15) is 9.59 Å². The molecular formula is C19H17ClN2O2. The van der Waals surface area contributed by atoms with E-state index < -0.39 is 5.78 Å². The molecule has 3 rings (SSSR count). The van der Waals surface area contributed by atoms with Crippen LogP contribution in [-0.4, -0.2) is 16.6 Å². The number of allylic oxidation sites excluding steroid dienone is 2. The number of aromatic nitrogens is 1. The fourth-order valence-electron chi connectivity index (χ4n) is 2.57. The van der Waals surface area contributed by atoms with Crippen molar-refractivity contribution in [1.82, 2.24) is 4.98 Å². The Morgan fingerprint density at radius 2 is 1.67 bits per heavy atom. The highest BCUT2D eigenvalue weighted by Crippen LogP contribution is 2.29. The molecule has 0 spiro atoms. The molecule has 0 bridgehead atoms. The van der Waals surface area contributed by atoms with Crippen LogP contribution in [0.5, 0.6) is 0 Å². The second-order valence-corrected chi connectivity index (χ2v) is 6.48. The van der Waals surface area contributed by atoms with Gasteiger partial charge >= 0.3 is 0 Å². The number of aryl methyl sites for hydroxylation is 1. The lowest BCUT2D eigenvalue weighted by Gasteiger charge is -2.19. The number of benzene rings is 1. The summed E-state index contributed by atoms with van der Waals surface area (Å²) in [6.45, 7) is 5.98. The van der Waals surface area contributed by atoms with E-state index in [1.807, 2.05) is 24.3 Å². The Morgan fingerprint density at radius 3 is 2.29 bits per heavy atom. The predicted octanol–water partition coefficient (Wildman–Crippen LogP) is 4.45. The van der Waals surface area contributed by atoms with Crippen LogP contribution in [-0.2, 0) is 0 Å². The lowest BCUT2D eigenvalue weighted by atomic mass is 9.96. The first-order valence-electron chi connectivity index (χ1n) is 7.72. The van der Waals surface area contributed by atoms with Gasteiger partial charge in [-0.25, -0.2) is 4.98 Å². The molecule has 24 heavy (non-hydrogen) atoms. The summed E-state index contributed by atoms with van der Waals surface area (Å²) in [4.78, 5) is 29.2. The first kappa shape index (κ1) is 16.4. The highest BCUT2D eigenvalue weighted by molar-refractivity contribution is 6.50. The highest BCUT2D eigenvalue weighted by atomic mass is 35.5. The third kappa shape index (κ3) is 2.85. The summed E-state index contributed by atoms with van der Waals surface area (Å²) in [6.07, 6.45) is 0. The van der Waals surface area contributed by atoms with Gasteiger partial charge in [-0.15, -0.1) is 0 Å². The van der Waals surface area contributed by atoms with Gasteiger partial charge in [0.1, 0.15) is 16.4 Å². The number of hydrogen-bond acceptors (Lipinski definition) is 4. The highest BCUT2D eigenvalue weighted by Gasteiger charge is 2.32. The first-order chi connectivity index (χ1) is 11.4. The van der Waals surface area contributed by atoms with Crippen molar-refractivity contribution in [2.24, 2.45) is 0 Å². The second-order valence-electron chi connectivity index (χ2n) is 6.10.